The van der Waals surface area contributed by atoms with Gasteiger partial charge in [-0.15, -0.1) is 0 Å². The van der Waals surface area contributed by atoms with Crippen molar-refractivity contribution in [1.29, 1.82) is 0 Å². The zero-order chi connectivity index (χ0) is 23.9. The van der Waals surface area contributed by atoms with Crippen LogP contribution in [0, 0.1) is 0 Å². The number of amides is 1. The predicted octanol–water partition coefficient (Wildman–Crippen LogP) is 4.35. The summed E-state index contributed by atoms with van der Waals surface area (Å²) in [6, 6.07) is 20.8. The number of carbonyl (C=O) groups is 2. The van der Waals surface area contributed by atoms with Crippen LogP contribution in [0.1, 0.15) is 45.6 Å². The van der Waals surface area contributed by atoms with Crippen LogP contribution in [0.5, 0.6) is 11.5 Å². The van der Waals surface area contributed by atoms with Crippen molar-refractivity contribution >= 4 is 11.9 Å². The summed E-state index contributed by atoms with van der Waals surface area (Å²) in [5, 5.41) is 0. The minimum Gasteiger partial charge on any atom is -0.493 e. The summed E-state index contributed by atoms with van der Waals surface area (Å²) >= 11 is 0. The van der Waals surface area contributed by atoms with Crippen LogP contribution in [0.15, 0.2) is 66.7 Å². The molecule has 0 aliphatic carbocycles. The molecule has 2 aliphatic heterocycles. The Morgan fingerprint density at radius 2 is 1.65 bits per heavy atom. The lowest BCUT2D eigenvalue weighted by Crippen LogP contribution is -2.55. The number of ether oxygens (including phenoxy) is 3. The number of cyclic esters (lactones) is 1. The number of esters is 1. The van der Waals surface area contributed by atoms with E-state index in [9.17, 15) is 9.59 Å². The lowest BCUT2D eigenvalue weighted by atomic mass is 9.84. The third-order valence-corrected chi connectivity index (χ3v) is 6.79. The highest BCUT2D eigenvalue weighted by molar-refractivity contribution is 5.97. The van der Waals surface area contributed by atoms with E-state index in [4.69, 9.17) is 14.2 Å². The molecule has 2 aliphatic rings. The minimum atomic E-state index is -1.29. The van der Waals surface area contributed by atoms with Crippen molar-refractivity contribution in [3.63, 3.8) is 0 Å². The topological polar surface area (TPSA) is 65.1 Å². The summed E-state index contributed by atoms with van der Waals surface area (Å²) in [5.74, 6) is 0.612. The van der Waals surface area contributed by atoms with E-state index in [0.29, 0.717) is 36.4 Å². The first kappa shape index (κ1) is 22.0. The molecule has 0 saturated heterocycles. The molecule has 0 fully saturated rings. The van der Waals surface area contributed by atoms with Crippen molar-refractivity contribution in [2.45, 2.75) is 31.4 Å². The quantitative estimate of drug-likeness (QED) is 0.545. The number of hydrogen-bond acceptors (Lipinski definition) is 5. The Kier molecular flexibility index (Phi) is 5.52. The molecule has 0 bridgehead atoms. The van der Waals surface area contributed by atoms with E-state index in [1.807, 2.05) is 59.5 Å². The number of fused-ring (bicyclic) bond motifs is 2. The van der Waals surface area contributed by atoms with Gasteiger partial charge in [-0.2, -0.15) is 0 Å². The second-order valence-corrected chi connectivity index (χ2v) is 8.92. The highest BCUT2D eigenvalue weighted by Crippen LogP contribution is 2.42. The normalized spacial score (nSPS) is 21.2. The average molecular weight is 458 g/mol. The first-order valence-corrected chi connectivity index (χ1v) is 11.4. The maximum atomic E-state index is 14.1. The summed E-state index contributed by atoms with van der Waals surface area (Å²) < 4.78 is 16.9. The van der Waals surface area contributed by atoms with Gasteiger partial charge in [0, 0.05) is 13.0 Å². The van der Waals surface area contributed by atoms with Gasteiger partial charge in [0.25, 0.3) is 5.91 Å². The van der Waals surface area contributed by atoms with E-state index in [-0.39, 0.29) is 11.9 Å². The fourth-order valence-corrected chi connectivity index (χ4v) is 5.12. The zero-order valence-corrected chi connectivity index (χ0v) is 19.5. The number of hydrogen-bond donors (Lipinski definition) is 0. The molecule has 0 aromatic heterocycles. The van der Waals surface area contributed by atoms with Gasteiger partial charge in [-0.1, -0.05) is 48.5 Å². The van der Waals surface area contributed by atoms with Crippen LogP contribution in [0.3, 0.4) is 0 Å². The molecular weight excluding hydrogens is 430 g/mol. The molecule has 0 spiro atoms. The lowest BCUT2D eigenvalue weighted by molar-refractivity contribution is -0.153. The highest BCUT2D eigenvalue weighted by atomic mass is 16.6. The molecule has 0 radical (unpaired) electrons. The summed E-state index contributed by atoms with van der Waals surface area (Å²) in [4.78, 5) is 28.7. The van der Waals surface area contributed by atoms with Crippen LogP contribution in [-0.4, -0.2) is 43.1 Å². The Morgan fingerprint density at radius 3 is 2.38 bits per heavy atom. The molecule has 1 amide bonds. The fourth-order valence-electron chi connectivity index (χ4n) is 5.12. The van der Waals surface area contributed by atoms with Gasteiger partial charge in [-0.05, 0) is 53.8 Å². The average Bonchev–Trinajstić information content (AvgIpc) is 2.87. The van der Waals surface area contributed by atoms with Crippen LogP contribution in [0.25, 0.3) is 0 Å². The Hall–Kier alpha value is -3.80. The van der Waals surface area contributed by atoms with E-state index < -0.39 is 11.6 Å². The summed E-state index contributed by atoms with van der Waals surface area (Å²) in [5.41, 5.74) is 3.13. The van der Waals surface area contributed by atoms with Crippen molar-refractivity contribution in [3.8, 4) is 11.5 Å². The number of benzene rings is 3. The first-order valence-electron chi connectivity index (χ1n) is 11.4. The fraction of sp³-hybridized carbons (Fsp3) is 0.286. The first-order chi connectivity index (χ1) is 16.4. The third-order valence-electron chi connectivity index (χ3n) is 6.79. The molecule has 3 aromatic rings. The van der Waals surface area contributed by atoms with Gasteiger partial charge in [0.05, 0.1) is 25.8 Å². The van der Waals surface area contributed by atoms with Gasteiger partial charge in [-0.25, -0.2) is 4.79 Å². The van der Waals surface area contributed by atoms with Gasteiger partial charge >= 0.3 is 5.97 Å². The van der Waals surface area contributed by atoms with Gasteiger partial charge in [0.2, 0.25) is 0 Å². The van der Waals surface area contributed by atoms with Crippen LogP contribution in [-0.2, 0) is 22.4 Å². The van der Waals surface area contributed by atoms with Crippen LogP contribution >= 0.6 is 0 Å². The number of methoxy groups -OCH3 is 2. The van der Waals surface area contributed by atoms with Crippen molar-refractivity contribution in [3.05, 3.63) is 94.5 Å². The van der Waals surface area contributed by atoms with Gasteiger partial charge in [-0.3, -0.25) is 4.79 Å². The molecule has 0 saturated carbocycles. The molecule has 0 N–H and O–H groups in total. The summed E-state index contributed by atoms with van der Waals surface area (Å²) in [6.45, 7) is 2.21. The largest absolute Gasteiger partial charge is 0.493 e. The second kappa shape index (κ2) is 8.52. The molecule has 2 heterocycles. The number of carbonyl (C=O) groups excluding carboxylic acids is 2. The van der Waals surface area contributed by atoms with Gasteiger partial charge in [0.1, 0.15) is 0 Å². The smallest absolute Gasteiger partial charge is 0.339 e. The van der Waals surface area contributed by atoms with Crippen LogP contribution < -0.4 is 9.47 Å². The third kappa shape index (κ3) is 3.59. The van der Waals surface area contributed by atoms with E-state index in [1.54, 1.807) is 33.3 Å². The molecule has 6 nitrogen and oxygen atoms in total. The standard InChI is InChI=1S/C28H27NO5/c1-28(17-20-11-7-8-12-21(20)26(30)34-28)27(31)29-14-13-19-15-23(32-2)24(33-3)16-22(19)25(29)18-9-5-4-6-10-18/h4-12,15-16,25H,13-14,17H2,1-3H3. The molecule has 3 aromatic carbocycles. The molecule has 174 valence electrons. The molecule has 6 heteroatoms. The maximum Gasteiger partial charge on any atom is 0.339 e. The second-order valence-electron chi connectivity index (χ2n) is 8.92. The lowest BCUT2D eigenvalue weighted by Gasteiger charge is -2.43. The Labute approximate surface area is 199 Å². The van der Waals surface area contributed by atoms with Crippen molar-refractivity contribution < 1.29 is 23.8 Å². The molecule has 2 unspecified atom stereocenters. The summed E-state index contributed by atoms with van der Waals surface area (Å²) in [7, 11) is 3.22. The molecule has 34 heavy (non-hydrogen) atoms. The number of nitrogens with zero attached hydrogens (tertiary/aromatic N) is 1. The van der Waals surface area contributed by atoms with E-state index in [1.165, 1.54) is 0 Å². The number of rotatable bonds is 4. The van der Waals surface area contributed by atoms with Gasteiger partial charge in [0.15, 0.2) is 17.1 Å². The predicted molar refractivity (Wildman–Crippen MR) is 127 cm³/mol. The van der Waals surface area contributed by atoms with Crippen molar-refractivity contribution in [2.75, 3.05) is 20.8 Å². The zero-order valence-electron chi connectivity index (χ0n) is 19.5. The Morgan fingerprint density at radius 1 is 0.971 bits per heavy atom. The van der Waals surface area contributed by atoms with E-state index in [2.05, 4.69) is 0 Å². The molecule has 5 rings (SSSR count). The van der Waals surface area contributed by atoms with E-state index >= 15 is 0 Å². The Balaban J connectivity index is 1.59. The maximum absolute atomic E-state index is 14.1. The van der Waals surface area contributed by atoms with Crippen molar-refractivity contribution in [1.82, 2.24) is 4.90 Å². The van der Waals surface area contributed by atoms with Crippen LogP contribution in [0.2, 0.25) is 0 Å². The minimum absolute atomic E-state index is 0.204. The molecular formula is C28H27NO5. The monoisotopic (exact) mass is 457 g/mol. The van der Waals surface area contributed by atoms with E-state index in [0.717, 1.165) is 22.3 Å². The highest BCUT2D eigenvalue weighted by Gasteiger charge is 2.47. The Bertz CT molecular complexity index is 1250. The van der Waals surface area contributed by atoms with Crippen LogP contribution in [0.4, 0.5) is 0 Å². The van der Waals surface area contributed by atoms with Gasteiger partial charge < -0.3 is 19.1 Å². The summed E-state index contributed by atoms with van der Waals surface area (Å²) in [6.07, 6.45) is 0.996. The molecule has 2 atom stereocenters. The SMILES string of the molecule is COc1cc2c(cc1OC)C(c1ccccc1)N(C(=O)C1(C)Cc3ccccc3C(=O)O1)CC2. The van der Waals surface area contributed by atoms with Crippen molar-refractivity contribution in [2.24, 2.45) is 0 Å².